The zero-order chi connectivity index (χ0) is 22.9. The van der Waals surface area contributed by atoms with E-state index in [0.29, 0.717) is 36.4 Å². The number of rotatable bonds is 5. The van der Waals surface area contributed by atoms with Crippen molar-refractivity contribution in [1.29, 1.82) is 0 Å². The van der Waals surface area contributed by atoms with Crippen LogP contribution in [0.3, 0.4) is 0 Å². The number of hydrogen-bond donors (Lipinski definition) is 1. The summed E-state index contributed by atoms with van der Waals surface area (Å²) in [6.45, 7) is 0.302. The second kappa shape index (κ2) is 8.46. The van der Waals surface area contributed by atoms with Gasteiger partial charge >= 0.3 is 0 Å². The van der Waals surface area contributed by atoms with Crippen molar-refractivity contribution < 1.29 is 19.1 Å². The second-order valence-electron chi connectivity index (χ2n) is 8.19. The normalized spacial score (nSPS) is 17.7. The molecule has 2 aliphatic heterocycles. The van der Waals surface area contributed by atoms with E-state index in [1.54, 1.807) is 13.2 Å². The van der Waals surface area contributed by atoms with E-state index in [1.165, 1.54) is 4.90 Å². The Hall–Kier alpha value is -4.07. The van der Waals surface area contributed by atoms with E-state index in [4.69, 9.17) is 4.74 Å². The van der Waals surface area contributed by atoms with Gasteiger partial charge in [-0.3, -0.25) is 19.7 Å². The van der Waals surface area contributed by atoms with E-state index in [-0.39, 0.29) is 18.2 Å². The molecule has 2 aromatic carbocycles. The molecule has 33 heavy (non-hydrogen) atoms. The predicted octanol–water partition coefficient (Wildman–Crippen LogP) is 2.50. The quantitative estimate of drug-likeness (QED) is 0.610. The first-order chi connectivity index (χ1) is 16.0. The summed E-state index contributed by atoms with van der Waals surface area (Å²) in [5.41, 5.74) is 4.65. The van der Waals surface area contributed by atoms with Gasteiger partial charge in [-0.15, -0.1) is 5.10 Å². The van der Waals surface area contributed by atoms with Gasteiger partial charge < -0.3 is 9.64 Å². The Morgan fingerprint density at radius 1 is 1.06 bits per heavy atom. The van der Waals surface area contributed by atoms with Gasteiger partial charge in [-0.25, -0.2) is 0 Å². The Morgan fingerprint density at radius 3 is 2.64 bits per heavy atom. The topological polar surface area (TPSA) is 101 Å². The third-order valence-electron chi connectivity index (χ3n) is 6.05. The van der Waals surface area contributed by atoms with Crippen molar-refractivity contribution in [2.24, 2.45) is 0 Å². The van der Waals surface area contributed by atoms with Crippen molar-refractivity contribution in [3.63, 3.8) is 0 Å². The van der Waals surface area contributed by atoms with E-state index in [9.17, 15) is 14.4 Å². The minimum atomic E-state index is -0.641. The largest absolute Gasteiger partial charge is 0.494 e. The van der Waals surface area contributed by atoms with Crippen LogP contribution in [0.5, 0.6) is 5.75 Å². The van der Waals surface area contributed by atoms with Crippen LogP contribution in [0.1, 0.15) is 40.0 Å². The smallest absolute Gasteiger partial charge is 0.255 e. The highest BCUT2D eigenvalue weighted by atomic mass is 16.5. The molecule has 1 atom stereocenters. The first kappa shape index (κ1) is 20.8. The second-order valence-corrected chi connectivity index (χ2v) is 8.19. The number of nitrogens with one attached hydrogen (secondary N) is 1. The monoisotopic (exact) mass is 442 g/mol. The summed E-state index contributed by atoms with van der Waals surface area (Å²) in [6.07, 6.45) is 1.20. The maximum Gasteiger partial charge on any atom is 0.255 e. The summed E-state index contributed by atoms with van der Waals surface area (Å²) in [5.74, 6) is -0.331. The minimum Gasteiger partial charge on any atom is -0.494 e. The lowest BCUT2D eigenvalue weighted by atomic mass is 10.0. The van der Waals surface area contributed by atoms with Crippen LogP contribution in [-0.4, -0.2) is 46.0 Å². The molecule has 0 bridgehead atoms. The summed E-state index contributed by atoms with van der Waals surface area (Å²) < 4.78 is 5.59. The number of benzene rings is 2. The number of hydrogen-bond acceptors (Lipinski definition) is 6. The van der Waals surface area contributed by atoms with Gasteiger partial charge in [-0.2, -0.15) is 5.10 Å². The zero-order valence-electron chi connectivity index (χ0n) is 18.1. The molecule has 0 spiro atoms. The van der Waals surface area contributed by atoms with E-state index in [2.05, 4.69) is 15.5 Å². The van der Waals surface area contributed by atoms with Gasteiger partial charge in [-0.1, -0.05) is 36.4 Å². The molecule has 3 heterocycles. The number of ether oxygens (including phenoxy) is 1. The van der Waals surface area contributed by atoms with Crippen LogP contribution in [0, 0.1) is 0 Å². The fourth-order valence-electron chi connectivity index (χ4n) is 4.38. The summed E-state index contributed by atoms with van der Waals surface area (Å²) in [4.78, 5) is 38.2. The molecule has 2 aliphatic rings. The van der Waals surface area contributed by atoms with Crippen LogP contribution in [0.25, 0.3) is 11.3 Å². The van der Waals surface area contributed by atoms with Crippen LogP contribution in [0.15, 0.2) is 54.6 Å². The van der Waals surface area contributed by atoms with E-state index >= 15 is 0 Å². The molecule has 5 rings (SSSR count). The molecule has 3 amide bonds. The van der Waals surface area contributed by atoms with Crippen molar-refractivity contribution in [1.82, 2.24) is 20.4 Å². The zero-order valence-corrected chi connectivity index (χ0v) is 18.1. The lowest BCUT2D eigenvalue weighted by Gasteiger charge is -2.29. The van der Waals surface area contributed by atoms with E-state index in [0.717, 1.165) is 22.4 Å². The molecule has 1 fully saturated rings. The van der Waals surface area contributed by atoms with Crippen molar-refractivity contribution in [2.45, 2.75) is 31.8 Å². The maximum atomic E-state index is 12.9. The van der Waals surface area contributed by atoms with Crippen LogP contribution in [-0.2, 0) is 22.6 Å². The Labute approximate surface area is 190 Å². The number of carbonyl (C=O) groups is 3. The predicted molar refractivity (Wildman–Crippen MR) is 119 cm³/mol. The van der Waals surface area contributed by atoms with Crippen molar-refractivity contribution in [2.75, 3.05) is 7.11 Å². The fourth-order valence-corrected chi connectivity index (χ4v) is 4.38. The first-order valence-corrected chi connectivity index (χ1v) is 10.8. The van der Waals surface area contributed by atoms with Gasteiger partial charge in [0.05, 0.1) is 12.8 Å². The Kier molecular flexibility index (Phi) is 5.34. The van der Waals surface area contributed by atoms with Gasteiger partial charge in [-0.05, 0) is 29.7 Å². The van der Waals surface area contributed by atoms with E-state index < -0.39 is 11.9 Å². The summed E-state index contributed by atoms with van der Waals surface area (Å²) in [5, 5.41) is 11.1. The summed E-state index contributed by atoms with van der Waals surface area (Å²) in [6, 6.07) is 16.7. The maximum absolute atomic E-state index is 12.9. The van der Waals surface area contributed by atoms with E-state index in [1.807, 2.05) is 48.5 Å². The van der Waals surface area contributed by atoms with Gasteiger partial charge in [0, 0.05) is 36.6 Å². The Morgan fingerprint density at radius 2 is 1.88 bits per heavy atom. The molecule has 8 nitrogen and oxygen atoms in total. The lowest BCUT2D eigenvalue weighted by molar-refractivity contribution is -0.136. The number of fused-ring (bicyclic) bond motifs is 1. The van der Waals surface area contributed by atoms with Crippen LogP contribution in [0.2, 0.25) is 0 Å². The van der Waals surface area contributed by atoms with Crippen molar-refractivity contribution >= 4 is 17.7 Å². The molecule has 1 N–H and O–H groups in total. The summed E-state index contributed by atoms with van der Waals surface area (Å²) in [7, 11) is 1.59. The van der Waals surface area contributed by atoms with Gasteiger partial charge in [0.15, 0.2) is 0 Å². The van der Waals surface area contributed by atoms with Crippen LogP contribution < -0.4 is 10.1 Å². The molecular formula is C25H22N4O4. The van der Waals surface area contributed by atoms with Gasteiger partial charge in [0.1, 0.15) is 17.5 Å². The van der Waals surface area contributed by atoms with Crippen LogP contribution in [0.4, 0.5) is 0 Å². The minimum absolute atomic E-state index is 0.206. The van der Waals surface area contributed by atoms with Crippen molar-refractivity contribution in [3.8, 4) is 17.0 Å². The number of methoxy groups -OCH3 is 1. The number of piperidine rings is 1. The fraction of sp³-hybridized carbons (Fsp3) is 0.240. The average molecular weight is 442 g/mol. The first-order valence-electron chi connectivity index (χ1n) is 10.8. The molecule has 0 aliphatic carbocycles. The highest BCUT2D eigenvalue weighted by Gasteiger charge is 2.39. The molecule has 1 unspecified atom stereocenters. The molecular weight excluding hydrogens is 420 g/mol. The Bertz CT molecular complexity index is 1260. The third kappa shape index (κ3) is 3.95. The van der Waals surface area contributed by atoms with Gasteiger partial charge in [0.25, 0.3) is 5.91 Å². The molecule has 8 heteroatoms. The highest BCUT2D eigenvalue weighted by molar-refractivity contribution is 6.05. The number of carbonyl (C=O) groups excluding carboxylic acids is 3. The number of amides is 3. The average Bonchev–Trinajstić information content (AvgIpc) is 3.15. The highest BCUT2D eigenvalue weighted by Crippen LogP contribution is 2.33. The van der Waals surface area contributed by atoms with Crippen molar-refractivity contribution in [3.05, 3.63) is 77.0 Å². The molecule has 1 saturated heterocycles. The number of imide groups is 1. The third-order valence-corrected chi connectivity index (χ3v) is 6.05. The SMILES string of the molecule is COc1cc(Cc2ccccc2)nnc1-c1ccc2c(c1)CN(C1CCC(=O)NC1=O)C2=O. The molecule has 166 valence electrons. The van der Waals surface area contributed by atoms with Gasteiger partial charge in [0.2, 0.25) is 11.8 Å². The Balaban J connectivity index is 1.41. The molecule has 0 radical (unpaired) electrons. The standard InChI is InChI=1S/C25H22N4O4/c1-33-21-13-18(11-15-5-3-2-4-6-15)27-28-23(21)16-7-8-19-17(12-16)14-29(25(19)32)20-9-10-22(30)26-24(20)31/h2-8,12-13,20H,9-11,14H2,1H3,(H,26,30,31). The summed E-state index contributed by atoms with van der Waals surface area (Å²) >= 11 is 0. The molecule has 0 saturated carbocycles. The molecule has 3 aromatic rings. The number of nitrogens with zero attached hydrogens (tertiary/aromatic N) is 3. The lowest BCUT2D eigenvalue weighted by Crippen LogP contribution is -2.52. The molecule has 1 aromatic heterocycles. The number of aromatic nitrogens is 2. The van der Waals surface area contributed by atoms with Crippen LogP contribution >= 0.6 is 0 Å².